The van der Waals surface area contributed by atoms with Crippen LogP contribution in [0.5, 0.6) is 5.75 Å². The zero-order chi connectivity index (χ0) is 19.5. The van der Waals surface area contributed by atoms with Crippen LogP contribution in [0.4, 0.5) is 0 Å². The fourth-order valence-electron chi connectivity index (χ4n) is 3.51. The highest BCUT2D eigenvalue weighted by molar-refractivity contribution is 5.55. The summed E-state index contributed by atoms with van der Waals surface area (Å²) in [6, 6.07) is 16.9. The number of aliphatic hydroxyl groups excluding tert-OH is 1. The molecule has 1 saturated heterocycles. The van der Waals surface area contributed by atoms with Gasteiger partial charge in [0.05, 0.1) is 30.9 Å². The van der Waals surface area contributed by atoms with E-state index in [0.29, 0.717) is 36.8 Å². The third-order valence-electron chi connectivity index (χ3n) is 4.90. The molecule has 4 rings (SSSR count). The lowest BCUT2D eigenvalue weighted by Gasteiger charge is -2.21. The van der Waals surface area contributed by atoms with Crippen LogP contribution < -0.4 is 4.74 Å². The third-order valence-corrected chi connectivity index (χ3v) is 4.90. The average Bonchev–Trinajstić information content (AvgIpc) is 3.35. The van der Waals surface area contributed by atoms with Crippen molar-refractivity contribution in [1.29, 1.82) is 5.26 Å². The predicted octanol–water partition coefficient (Wildman–Crippen LogP) is 2.92. The molecule has 142 valence electrons. The molecule has 0 saturated carbocycles. The van der Waals surface area contributed by atoms with Gasteiger partial charge in [-0.1, -0.05) is 17.3 Å². The van der Waals surface area contributed by atoms with Gasteiger partial charge in [-0.15, -0.1) is 0 Å². The zero-order valence-electron chi connectivity index (χ0n) is 15.4. The second kappa shape index (κ2) is 7.80. The van der Waals surface area contributed by atoms with E-state index in [9.17, 15) is 5.11 Å². The molecular formula is C21H20N4O3. The van der Waals surface area contributed by atoms with E-state index in [2.05, 4.69) is 21.1 Å². The molecule has 2 unspecified atom stereocenters. The Morgan fingerprint density at radius 2 is 2.11 bits per heavy atom. The monoisotopic (exact) mass is 376 g/mol. The van der Waals surface area contributed by atoms with Gasteiger partial charge in [-0.25, -0.2) is 0 Å². The number of β-amino-alcohol motifs (C(OH)–C–C–N with tert-alkyl or cyclic N) is 1. The fraction of sp³-hybridized carbons (Fsp3) is 0.286. The van der Waals surface area contributed by atoms with E-state index in [1.54, 1.807) is 13.2 Å². The van der Waals surface area contributed by atoms with E-state index in [4.69, 9.17) is 14.5 Å². The lowest BCUT2D eigenvalue weighted by atomic mass is 10.1. The van der Waals surface area contributed by atoms with E-state index in [0.717, 1.165) is 16.9 Å². The molecule has 1 aromatic heterocycles. The number of methoxy groups -OCH3 is 1. The highest BCUT2D eigenvalue weighted by Crippen LogP contribution is 2.33. The minimum atomic E-state index is -0.458. The van der Waals surface area contributed by atoms with Gasteiger partial charge in [0, 0.05) is 18.7 Å². The van der Waals surface area contributed by atoms with Crippen LogP contribution in [0.15, 0.2) is 53.1 Å². The first-order valence-electron chi connectivity index (χ1n) is 9.05. The molecule has 0 bridgehead atoms. The molecule has 1 fully saturated rings. The SMILES string of the molecule is COc1ccc(-c2noc(C3CC(O)CN3Cc3cccc(C#N)c3)n2)cc1. The molecule has 1 aliphatic heterocycles. The summed E-state index contributed by atoms with van der Waals surface area (Å²) in [6.07, 6.45) is 0.0721. The lowest BCUT2D eigenvalue weighted by molar-refractivity contribution is 0.169. The number of aromatic nitrogens is 2. The molecule has 1 aliphatic rings. The lowest BCUT2D eigenvalue weighted by Crippen LogP contribution is -2.24. The molecule has 7 heteroatoms. The van der Waals surface area contributed by atoms with Crippen LogP contribution in [0.1, 0.15) is 29.5 Å². The first-order chi connectivity index (χ1) is 13.7. The van der Waals surface area contributed by atoms with Crippen molar-refractivity contribution in [2.45, 2.75) is 25.1 Å². The first-order valence-corrected chi connectivity index (χ1v) is 9.05. The Morgan fingerprint density at radius 1 is 1.29 bits per heavy atom. The second-order valence-electron chi connectivity index (χ2n) is 6.83. The minimum absolute atomic E-state index is 0.166. The van der Waals surface area contributed by atoms with Gasteiger partial charge in [0.1, 0.15) is 5.75 Å². The fourth-order valence-corrected chi connectivity index (χ4v) is 3.51. The maximum Gasteiger partial charge on any atom is 0.244 e. The highest BCUT2D eigenvalue weighted by atomic mass is 16.5. The zero-order valence-corrected chi connectivity index (χ0v) is 15.4. The Hall–Kier alpha value is -3.21. The summed E-state index contributed by atoms with van der Waals surface area (Å²) in [5.41, 5.74) is 2.46. The van der Waals surface area contributed by atoms with Gasteiger partial charge in [-0.3, -0.25) is 4.90 Å². The molecule has 28 heavy (non-hydrogen) atoms. The number of rotatable bonds is 5. The molecule has 2 aromatic carbocycles. The summed E-state index contributed by atoms with van der Waals surface area (Å²) in [4.78, 5) is 6.66. The summed E-state index contributed by atoms with van der Waals surface area (Å²) in [5.74, 6) is 1.75. The van der Waals surface area contributed by atoms with Crippen LogP contribution in [0, 0.1) is 11.3 Å². The Morgan fingerprint density at radius 3 is 2.86 bits per heavy atom. The van der Waals surface area contributed by atoms with Crippen molar-refractivity contribution in [3.05, 3.63) is 65.5 Å². The predicted molar refractivity (Wildman–Crippen MR) is 101 cm³/mol. The molecule has 0 aliphatic carbocycles. The molecule has 3 aromatic rings. The van der Waals surface area contributed by atoms with E-state index in [1.807, 2.05) is 42.5 Å². The Labute approximate surface area is 162 Å². The minimum Gasteiger partial charge on any atom is -0.497 e. The Balaban J connectivity index is 1.55. The van der Waals surface area contributed by atoms with E-state index in [-0.39, 0.29) is 6.04 Å². The van der Waals surface area contributed by atoms with Crippen LogP contribution in [-0.2, 0) is 6.54 Å². The number of nitrogens with zero attached hydrogens (tertiary/aromatic N) is 4. The summed E-state index contributed by atoms with van der Waals surface area (Å²) in [5, 5.41) is 23.4. The van der Waals surface area contributed by atoms with Gasteiger partial charge >= 0.3 is 0 Å². The quantitative estimate of drug-likeness (QED) is 0.731. The highest BCUT2D eigenvalue weighted by Gasteiger charge is 2.36. The molecule has 1 N–H and O–H groups in total. The summed E-state index contributed by atoms with van der Waals surface area (Å²) < 4.78 is 10.7. The van der Waals surface area contributed by atoms with Crippen molar-refractivity contribution in [3.8, 4) is 23.2 Å². The van der Waals surface area contributed by atoms with Gasteiger partial charge in [0.2, 0.25) is 11.7 Å². The Bertz CT molecular complexity index is 993. The van der Waals surface area contributed by atoms with Crippen molar-refractivity contribution in [2.75, 3.05) is 13.7 Å². The maximum absolute atomic E-state index is 10.2. The van der Waals surface area contributed by atoms with Crippen molar-refractivity contribution in [1.82, 2.24) is 15.0 Å². The molecule has 0 amide bonds. The van der Waals surface area contributed by atoms with Crippen molar-refractivity contribution in [3.63, 3.8) is 0 Å². The molecule has 0 spiro atoms. The van der Waals surface area contributed by atoms with Gasteiger partial charge in [-0.2, -0.15) is 10.2 Å². The molecule has 7 nitrogen and oxygen atoms in total. The van der Waals surface area contributed by atoms with Gasteiger partial charge in [-0.05, 0) is 48.4 Å². The van der Waals surface area contributed by atoms with Crippen molar-refractivity contribution >= 4 is 0 Å². The van der Waals surface area contributed by atoms with Crippen LogP contribution >= 0.6 is 0 Å². The van der Waals surface area contributed by atoms with Crippen LogP contribution in [-0.4, -0.2) is 39.9 Å². The van der Waals surface area contributed by atoms with Crippen LogP contribution in [0.3, 0.4) is 0 Å². The standard InChI is InChI=1S/C21H20N4O3/c1-27-18-7-5-16(6-8-18)20-23-21(28-24-20)19-10-17(26)13-25(19)12-15-4-2-3-14(9-15)11-22/h2-9,17,19,26H,10,12-13H2,1H3. The van der Waals surface area contributed by atoms with E-state index in [1.165, 1.54) is 0 Å². The molecule has 0 radical (unpaired) electrons. The second-order valence-corrected chi connectivity index (χ2v) is 6.83. The molecular weight excluding hydrogens is 356 g/mol. The number of hydrogen-bond donors (Lipinski definition) is 1. The summed E-state index contributed by atoms with van der Waals surface area (Å²) in [6.45, 7) is 1.11. The van der Waals surface area contributed by atoms with Crippen molar-refractivity contribution in [2.24, 2.45) is 0 Å². The van der Waals surface area contributed by atoms with Gasteiger partial charge < -0.3 is 14.4 Å². The topological polar surface area (TPSA) is 95.4 Å². The third kappa shape index (κ3) is 3.74. The maximum atomic E-state index is 10.2. The number of ether oxygens (including phenoxy) is 1. The molecule has 2 atom stereocenters. The Kier molecular flexibility index (Phi) is 5.06. The largest absolute Gasteiger partial charge is 0.497 e. The van der Waals surface area contributed by atoms with Gasteiger partial charge in [0.25, 0.3) is 0 Å². The van der Waals surface area contributed by atoms with Crippen LogP contribution in [0.25, 0.3) is 11.4 Å². The number of nitriles is 1. The van der Waals surface area contributed by atoms with Gasteiger partial charge in [0.15, 0.2) is 0 Å². The summed E-state index contributed by atoms with van der Waals surface area (Å²) >= 11 is 0. The van der Waals surface area contributed by atoms with E-state index < -0.39 is 6.10 Å². The normalized spacial score (nSPS) is 19.5. The summed E-state index contributed by atoms with van der Waals surface area (Å²) in [7, 11) is 1.62. The van der Waals surface area contributed by atoms with Crippen molar-refractivity contribution < 1.29 is 14.4 Å². The van der Waals surface area contributed by atoms with Crippen LogP contribution in [0.2, 0.25) is 0 Å². The number of hydrogen-bond acceptors (Lipinski definition) is 7. The number of benzene rings is 2. The number of likely N-dealkylation sites (tertiary alicyclic amines) is 1. The average molecular weight is 376 g/mol. The first kappa shape index (κ1) is 18.2. The smallest absolute Gasteiger partial charge is 0.244 e. The molecule has 2 heterocycles. The number of aliphatic hydroxyl groups is 1. The van der Waals surface area contributed by atoms with E-state index >= 15 is 0 Å².